The van der Waals surface area contributed by atoms with E-state index in [4.69, 9.17) is 11.6 Å². The van der Waals surface area contributed by atoms with E-state index in [9.17, 15) is 0 Å². The van der Waals surface area contributed by atoms with E-state index in [1.807, 2.05) is 22.9 Å². The molecule has 2 aromatic rings. The summed E-state index contributed by atoms with van der Waals surface area (Å²) in [6, 6.07) is 4.35. The number of aromatic nitrogens is 2. The van der Waals surface area contributed by atoms with E-state index in [0.29, 0.717) is 0 Å². The summed E-state index contributed by atoms with van der Waals surface area (Å²) < 4.78 is 1.94. The summed E-state index contributed by atoms with van der Waals surface area (Å²) >= 11 is 7.83. The van der Waals surface area contributed by atoms with Crippen molar-refractivity contribution in [3.63, 3.8) is 0 Å². The molecule has 0 saturated heterocycles. The van der Waals surface area contributed by atoms with Crippen LogP contribution in [0.4, 0.5) is 0 Å². The molecule has 0 aromatic carbocycles. The van der Waals surface area contributed by atoms with Gasteiger partial charge in [0.15, 0.2) is 0 Å². The van der Waals surface area contributed by atoms with Gasteiger partial charge in [-0.2, -0.15) is 5.10 Å². The minimum atomic E-state index is 0.149. The van der Waals surface area contributed by atoms with E-state index in [1.54, 1.807) is 6.20 Å². The van der Waals surface area contributed by atoms with Crippen molar-refractivity contribution < 1.29 is 0 Å². The summed E-state index contributed by atoms with van der Waals surface area (Å²) in [7, 11) is 0. The maximum Gasteiger partial charge on any atom is 0.0815 e. The predicted molar refractivity (Wildman–Crippen MR) is 82.0 cm³/mol. The van der Waals surface area contributed by atoms with Crippen LogP contribution in [0.5, 0.6) is 0 Å². The largest absolute Gasteiger partial charge is 0.307 e. The zero-order chi connectivity index (χ0) is 14.0. The van der Waals surface area contributed by atoms with Gasteiger partial charge in [-0.15, -0.1) is 11.3 Å². The van der Waals surface area contributed by atoms with Crippen LogP contribution in [0, 0.1) is 6.92 Å². The zero-order valence-corrected chi connectivity index (χ0v) is 13.4. The van der Waals surface area contributed by atoms with E-state index in [2.05, 4.69) is 43.3 Å². The standard InChI is InChI=1S/C14H20ClN3S/c1-10-13(15)8-17-18(10)9-12-6-5-11(19-12)7-16-14(2,3)4/h5-6,8,16H,7,9H2,1-4H3. The monoisotopic (exact) mass is 297 g/mol. The molecular weight excluding hydrogens is 278 g/mol. The van der Waals surface area contributed by atoms with Gasteiger partial charge < -0.3 is 5.32 Å². The SMILES string of the molecule is Cc1c(Cl)cnn1Cc1ccc(CNC(C)(C)C)s1. The van der Waals surface area contributed by atoms with E-state index in [-0.39, 0.29) is 5.54 Å². The van der Waals surface area contributed by atoms with Crippen LogP contribution < -0.4 is 5.32 Å². The first-order valence-corrected chi connectivity index (χ1v) is 7.55. The van der Waals surface area contributed by atoms with Crippen LogP contribution in [0.1, 0.15) is 36.2 Å². The fraction of sp³-hybridized carbons (Fsp3) is 0.500. The lowest BCUT2D eigenvalue weighted by molar-refractivity contribution is 0.426. The molecule has 0 amide bonds. The molecule has 0 radical (unpaired) electrons. The number of nitrogens with one attached hydrogen (secondary N) is 1. The fourth-order valence-corrected chi connectivity index (χ4v) is 2.77. The second-order valence-electron chi connectivity index (χ2n) is 5.71. The van der Waals surface area contributed by atoms with Crippen LogP contribution in [-0.4, -0.2) is 15.3 Å². The second-order valence-corrected chi connectivity index (χ2v) is 7.37. The summed E-state index contributed by atoms with van der Waals surface area (Å²) in [5, 5.41) is 8.51. The Labute approximate surface area is 123 Å². The highest BCUT2D eigenvalue weighted by Gasteiger charge is 2.10. The van der Waals surface area contributed by atoms with Gasteiger partial charge in [0.25, 0.3) is 0 Å². The zero-order valence-electron chi connectivity index (χ0n) is 11.8. The molecule has 0 bridgehead atoms. The predicted octanol–water partition coefficient (Wildman–Crippen LogP) is 3.84. The fourth-order valence-electron chi connectivity index (χ4n) is 1.69. The van der Waals surface area contributed by atoms with Crippen LogP contribution in [-0.2, 0) is 13.1 Å². The maximum atomic E-state index is 6.01. The molecule has 1 N–H and O–H groups in total. The van der Waals surface area contributed by atoms with Gasteiger partial charge in [-0.25, -0.2) is 0 Å². The van der Waals surface area contributed by atoms with Gasteiger partial charge in [0.1, 0.15) is 0 Å². The van der Waals surface area contributed by atoms with Crippen molar-refractivity contribution in [2.75, 3.05) is 0 Å². The molecule has 0 spiro atoms. The van der Waals surface area contributed by atoms with Crippen LogP contribution in [0.25, 0.3) is 0 Å². The molecule has 5 heteroatoms. The molecular formula is C14H20ClN3S. The van der Waals surface area contributed by atoms with Crippen molar-refractivity contribution in [3.05, 3.63) is 38.8 Å². The van der Waals surface area contributed by atoms with Crippen molar-refractivity contribution in [1.29, 1.82) is 0 Å². The van der Waals surface area contributed by atoms with Crippen molar-refractivity contribution in [3.8, 4) is 0 Å². The van der Waals surface area contributed by atoms with Gasteiger partial charge in [0.2, 0.25) is 0 Å². The first kappa shape index (κ1) is 14.6. The number of hydrogen-bond donors (Lipinski definition) is 1. The quantitative estimate of drug-likeness (QED) is 0.929. The Balaban J connectivity index is 2.00. The topological polar surface area (TPSA) is 29.9 Å². The van der Waals surface area contributed by atoms with Crippen LogP contribution >= 0.6 is 22.9 Å². The minimum Gasteiger partial charge on any atom is -0.307 e. The molecule has 104 valence electrons. The Hall–Kier alpha value is -0.840. The van der Waals surface area contributed by atoms with Gasteiger partial charge in [-0.1, -0.05) is 11.6 Å². The molecule has 2 aromatic heterocycles. The van der Waals surface area contributed by atoms with Gasteiger partial charge in [0, 0.05) is 21.8 Å². The molecule has 0 aliphatic heterocycles. The van der Waals surface area contributed by atoms with Crippen LogP contribution in [0.3, 0.4) is 0 Å². The van der Waals surface area contributed by atoms with Crippen LogP contribution in [0.2, 0.25) is 5.02 Å². The highest BCUT2D eigenvalue weighted by molar-refractivity contribution is 7.11. The summed E-state index contributed by atoms with van der Waals surface area (Å²) in [5.74, 6) is 0. The Kier molecular flexibility index (Phi) is 4.33. The average Bonchev–Trinajstić information content (AvgIpc) is 2.88. The normalized spacial score (nSPS) is 12.1. The number of hydrogen-bond acceptors (Lipinski definition) is 3. The molecule has 0 aliphatic carbocycles. The summed E-state index contributed by atoms with van der Waals surface area (Å²) in [6.07, 6.45) is 1.70. The van der Waals surface area contributed by atoms with E-state index < -0.39 is 0 Å². The van der Waals surface area contributed by atoms with Gasteiger partial charge >= 0.3 is 0 Å². The molecule has 19 heavy (non-hydrogen) atoms. The lowest BCUT2D eigenvalue weighted by atomic mass is 10.1. The number of halogens is 1. The Morgan fingerprint density at radius 1 is 1.32 bits per heavy atom. The summed E-state index contributed by atoms with van der Waals surface area (Å²) in [4.78, 5) is 2.65. The highest BCUT2D eigenvalue weighted by Crippen LogP contribution is 2.20. The van der Waals surface area contributed by atoms with Crippen molar-refractivity contribution in [2.24, 2.45) is 0 Å². The number of rotatable bonds is 4. The van der Waals surface area contributed by atoms with Crippen LogP contribution in [0.15, 0.2) is 18.3 Å². The molecule has 2 heterocycles. The van der Waals surface area contributed by atoms with Crippen molar-refractivity contribution in [2.45, 2.75) is 46.3 Å². The molecule has 0 atom stereocenters. The van der Waals surface area contributed by atoms with E-state index in [1.165, 1.54) is 9.75 Å². The van der Waals surface area contributed by atoms with Crippen molar-refractivity contribution >= 4 is 22.9 Å². The molecule has 0 fully saturated rings. The van der Waals surface area contributed by atoms with Gasteiger partial charge in [-0.3, -0.25) is 4.68 Å². The first-order valence-electron chi connectivity index (χ1n) is 6.36. The van der Waals surface area contributed by atoms with Gasteiger partial charge in [0.05, 0.1) is 23.5 Å². The molecule has 0 unspecified atom stereocenters. The summed E-state index contributed by atoms with van der Waals surface area (Å²) in [5.41, 5.74) is 1.17. The third-order valence-electron chi connectivity index (χ3n) is 2.86. The third kappa shape index (κ3) is 4.06. The molecule has 0 aliphatic rings. The highest BCUT2D eigenvalue weighted by atomic mass is 35.5. The average molecular weight is 298 g/mol. The Morgan fingerprint density at radius 2 is 2.00 bits per heavy atom. The van der Waals surface area contributed by atoms with Crippen molar-refractivity contribution in [1.82, 2.24) is 15.1 Å². The number of nitrogens with zero attached hydrogens (tertiary/aromatic N) is 2. The molecule has 0 saturated carbocycles. The summed E-state index contributed by atoms with van der Waals surface area (Å²) in [6.45, 7) is 10.2. The minimum absolute atomic E-state index is 0.149. The smallest absolute Gasteiger partial charge is 0.0815 e. The first-order chi connectivity index (χ1) is 8.85. The van der Waals surface area contributed by atoms with E-state index >= 15 is 0 Å². The van der Waals surface area contributed by atoms with E-state index in [0.717, 1.165) is 23.8 Å². The Bertz CT molecular complexity index is 551. The maximum absolute atomic E-state index is 6.01. The molecule has 3 nitrogen and oxygen atoms in total. The molecule has 2 rings (SSSR count). The lowest BCUT2D eigenvalue weighted by Crippen LogP contribution is -2.34. The Morgan fingerprint density at radius 3 is 2.58 bits per heavy atom. The third-order valence-corrected chi connectivity index (χ3v) is 4.30. The number of thiophene rings is 1. The van der Waals surface area contributed by atoms with Gasteiger partial charge in [-0.05, 0) is 39.8 Å². The second kappa shape index (κ2) is 5.65. The lowest BCUT2D eigenvalue weighted by Gasteiger charge is -2.19.